The molecule has 0 fully saturated rings. The van der Waals surface area contributed by atoms with Crippen LogP contribution in [0.25, 0.3) is 0 Å². The van der Waals surface area contributed by atoms with E-state index in [1.165, 1.54) is 0 Å². The Hall–Kier alpha value is -2.34. The second kappa shape index (κ2) is 8.57. The minimum atomic E-state index is -3.53. The number of hydrogen-bond donors (Lipinski definition) is 1. The lowest BCUT2D eigenvalue weighted by Crippen LogP contribution is -2.23. The standard InChI is InChI=1S/C21H20ClNO3S/c1-16-2-12-21(13-3-16)27(24,25)23-14-17-6-10-20(11-7-17)26-15-18-4-8-19(22)9-5-18/h2-13,23H,14-15H2,1H3. The molecular formula is C21H20ClNO3S. The van der Waals surface area contributed by atoms with Crippen molar-refractivity contribution < 1.29 is 13.2 Å². The quantitative estimate of drug-likeness (QED) is 0.624. The van der Waals surface area contributed by atoms with Crippen LogP contribution in [0.1, 0.15) is 16.7 Å². The van der Waals surface area contributed by atoms with Crippen LogP contribution in [-0.2, 0) is 23.2 Å². The average molecular weight is 402 g/mol. The van der Waals surface area contributed by atoms with Gasteiger partial charge in [-0.15, -0.1) is 0 Å². The largest absolute Gasteiger partial charge is 0.489 e. The number of rotatable bonds is 7. The zero-order valence-corrected chi connectivity index (χ0v) is 16.4. The van der Waals surface area contributed by atoms with Crippen molar-refractivity contribution in [2.75, 3.05) is 0 Å². The highest BCUT2D eigenvalue weighted by Crippen LogP contribution is 2.16. The predicted molar refractivity (Wildman–Crippen MR) is 107 cm³/mol. The minimum absolute atomic E-state index is 0.216. The van der Waals surface area contributed by atoms with E-state index in [1.54, 1.807) is 24.3 Å². The normalized spacial score (nSPS) is 11.3. The Morgan fingerprint density at radius 1 is 0.852 bits per heavy atom. The minimum Gasteiger partial charge on any atom is -0.489 e. The van der Waals surface area contributed by atoms with Gasteiger partial charge in [0.2, 0.25) is 10.0 Å². The highest BCUT2D eigenvalue weighted by atomic mass is 35.5. The highest BCUT2D eigenvalue weighted by Gasteiger charge is 2.13. The van der Waals surface area contributed by atoms with Crippen LogP contribution in [0, 0.1) is 6.92 Å². The van der Waals surface area contributed by atoms with E-state index in [4.69, 9.17) is 16.3 Å². The van der Waals surface area contributed by atoms with Gasteiger partial charge in [0.25, 0.3) is 0 Å². The van der Waals surface area contributed by atoms with E-state index in [9.17, 15) is 8.42 Å². The molecule has 3 aromatic carbocycles. The van der Waals surface area contributed by atoms with Crippen LogP contribution >= 0.6 is 11.6 Å². The molecule has 3 aromatic rings. The summed E-state index contributed by atoms with van der Waals surface area (Å²) >= 11 is 5.86. The first kappa shape index (κ1) is 19.4. The highest BCUT2D eigenvalue weighted by molar-refractivity contribution is 7.89. The number of nitrogens with one attached hydrogen (secondary N) is 1. The molecule has 6 heteroatoms. The number of halogens is 1. The van der Waals surface area contributed by atoms with E-state index < -0.39 is 10.0 Å². The Balaban J connectivity index is 1.55. The van der Waals surface area contributed by atoms with E-state index in [0.717, 1.165) is 22.4 Å². The topological polar surface area (TPSA) is 55.4 Å². The van der Waals surface area contributed by atoms with Crippen LogP contribution in [0.2, 0.25) is 5.02 Å². The SMILES string of the molecule is Cc1ccc(S(=O)(=O)NCc2ccc(OCc3ccc(Cl)cc3)cc2)cc1. The monoisotopic (exact) mass is 401 g/mol. The van der Waals surface area contributed by atoms with Crippen molar-refractivity contribution in [3.8, 4) is 5.75 Å². The summed E-state index contributed by atoms with van der Waals surface area (Å²) in [6, 6.07) is 21.6. The fraction of sp³-hybridized carbons (Fsp3) is 0.143. The lowest BCUT2D eigenvalue weighted by atomic mass is 10.2. The molecule has 27 heavy (non-hydrogen) atoms. The molecule has 0 spiro atoms. The van der Waals surface area contributed by atoms with Crippen LogP contribution in [0.4, 0.5) is 0 Å². The van der Waals surface area contributed by atoms with Gasteiger partial charge in [0.05, 0.1) is 4.90 Å². The summed E-state index contributed by atoms with van der Waals surface area (Å²) in [5.74, 6) is 0.718. The molecule has 0 unspecified atom stereocenters. The molecule has 0 bridgehead atoms. The molecule has 0 aromatic heterocycles. The first-order chi connectivity index (χ1) is 12.9. The molecule has 0 atom stereocenters. The zero-order valence-electron chi connectivity index (χ0n) is 14.9. The summed E-state index contributed by atoms with van der Waals surface area (Å²) in [6.45, 7) is 2.57. The first-order valence-corrected chi connectivity index (χ1v) is 10.3. The molecule has 0 radical (unpaired) electrons. The second-order valence-corrected chi connectivity index (χ2v) is 8.40. The van der Waals surface area contributed by atoms with Gasteiger partial charge in [-0.2, -0.15) is 0 Å². The van der Waals surface area contributed by atoms with Crippen LogP contribution in [-0.4, -0.2) is 8.42 Å². The van der Waals surface area contributed by atoms with Crippen LogP contribution < -0.4 is 9.46 Å². The van der Waals surface area contributed by atoms with Gasteiger partial charge in [-0.1, -0.05) is 53.6 Å². The van der Waals surface area contributed by atoms with Gasteiger partial charge in [0, 0.05) is 11.6 Å². The summed E-state index contributed by atoms with van der Waals surface area (Å²) in [5, 5.41) is 0.691. The first-order valence-electron chi connectivity index (χ1n) is 8.45. The molecule has 140 valence electrons. The van der Waals surface area contributed by atoms with Gasteiger partial charge in [0.1, 0.15) is 12.4 Å². The van der Waals surface area contributed by atoms with Crippen molar-refractivity contribution in [1.29, 1.82) is 0 Å². The molecule has 0 aliphatic carbocycles. The van der Waals surface area contributed by atoms with Crippen LogP contribution in [0.3, 0.4) is 0 Å². The van der Waals surface area contributed by atoms with Crippen molar-refractivity contribution in [1.82, 2.24) is 4.72 Å². The lowest BCUT2D eigenvalue weighted by Gasteiger charge is -2.09. The number of benzene rings is 3. The third-order valence-corrected chi connectivity index (χ3v) is 5.71. The van der Waals surface area contributed by atoms with Crippen molar-refractivity contribution in [3.05, 3.63) is 94.5 Å². The Kier molecular flexibility index (Phi) is 6.16. The van der Waals surface area contributed by atoms with E-state index in [-0.39, 0.29) is 11.4 Å². The summed E-state index contributed by atoms with van der Waals surface area (Å²) in [7, 11) is -3.53. The Morgan fingerprint density at radius 2 is 1.44 bits per heavy atom. The lowest BCUT2D eigenvalue weighted by molar-refractivity contribution is 0.306. The molecule has 4 nitrogen and oxygen atoms in total. The third kappa shape index (κ3) is 5.57. The van der Waals surface area contributed by atoms with Crippen molar-refractivity contribution in [2.24, 2.45) is 0 Å². The molecule has 0 heterocycles. The molecule has 0 aliphatic rings. The molecule has 0 amide bonds. The van der Waals surface area contributed by atoms with Gasteiger partial charge in [-0.25, -0.2) is 13.1 Å². The second-order valence-electron chi connectivity index (χ2n) is 6.20. The van der Waals surface area contributed by atoms with Gasteiger partial charge < -0.3 is 4.74 Å². The maximum atomic E-state index is 12.3. The fourth-order valence-corrected chi connectivity index (χ4v) is 3.57. The van der Waals surface area contributed by atoms with Crippen LogP contribution in [0.15, 0.2) is 77.7 Å². The zero-order chi connectivity index (χ0) is 19.3. The smallest absolute Gasteiger partial charge is 0.240 e. The van der Waals surface area contributed by atoms with E-state index in [0.29, 0.717) is 11.6 Å². The third-order valence-electron chi connectivity index (χ3n) is 4.04. The molecule has 0 aliphatic heterocycles. The number of sulfonamides is 1. The maximum absolute atomic E-state index is 12.3. The Morgan fingerprint density at radius 3 is 2.07 bits per heavy atom. The van der Waals surface area contributed by atoms with E-state index in [2.05, 4.69) is 4.72 Å². The Bertz CT molecular complexity index is 983. The molecule has 1 N–H and O–H groups in total. The molecular weight excluding hydrogens is 382 g/mol. The van der Waals surface area contributed by atoms with E-state index >= 15 is 0 Å². The molecule has 3 rings (SSSR count). The van der Waals surface area contributed by atoms with Gasteiger partial charge in [-0.3, -0.25) is 0 Å². The van der Waals surface area contributed by atoms with E-state index in [1.807, 2.05) is 55.5 Å². The molecule has 0 saturated carbocycles. The summed E-state index contributed by atoms with van der Waals surface area (Å²) in [5.41, 5.74) is 2.89. The fourth-order valence-electron chi connectivity index (χ4n) is 2.43. The number of aryl methyl sites for hydroxylation is 1. The number of ether oxygens (including phenoxy) is 1. The maximum Gasteiger partial charge on any atom is 0.240 e. The Labute approximate surface area is 164 Å². The van der Waals surface area contributed by atoms with Gasteiger partial charge in [0.15, 0.2) is 0 Å². The average Bonchev–Trinajstić information content (AvgIpc) is 2.67. The van der Waals surface area contributed by atoms with Crippen molar-refractivity contribution in [2.45, 2.75) is 25.0 Å². The summed E-state index contributed by atoms with van der Waals surface area (Å²) < 4.78 is 33.0. The van der Waals surface area contributed by atoms with Crippen LogP contribution in [0.5, 0.6) is 5.75 Å². The summed E-state index contributed by atoms with van der Waals surface area (Å²) in [6.07, 6.45) is 0. The number of hydrogen-bond acceptors (Lipinski definition) is 3. The van der Waals surface area contributed by atoms with Crippen molar-refractivity contribution in [3.63, 3.8) is 0 Å². The molecule has 0 saturated heterocycles. The summed E-state index contributed by atoms with van der Waals surface area (Å²) in [4.78, 5) is 0.260. The van der Waals surface area contributed by atoms with Gasteiger partial charge >= 0.3 is 0 Å². The predicted octanol–water partition coefficient (Wildman–Crippen LogP) is 4.71. The van der Waals surface area contributed by atoms with Crippen molar-refractivity contribution >= 4 is 21.6 Å². The van der Waals surface area contributed by atoms with Gasteiger partial charge in [-0.05, 0) is 54.4 Å².